The molecule has 0 bridgehead atoms. The van der Waals surface area contributed by atoms with Crippen molar-refractivity contribution in [1.29, 1.82) is 0 Å². The van der Waals surface area contributed by atoms with Gasteiger partial charge in [-0.2, -0.15) is 5.10 Å². The second kappa shape index (κ2) is 8.25. The lowest BCUT2D eigenvalue weighted by molar-refractivity contribution is -0.120. The van der Waals surface area contributed by atoms with Crippen LogP contribution in [0.5, 0.6) is 11.5 Å². The lowest BCUT2D eigenvalue weighted by Crippen LogP contribution is -2.25. The number of rotatable bonds is 7. The molecule has 1 aromatic carbocycles. The predicted octanol–water partition coefficient (Wildman–Crippen LogP) is 2.96. The number of halogens is 1. The van der Waals surface area contributed by atoms with Gasteiger partial charge < -0.3 is 14.8 Å². The van der Waals surface area contributed by atoms with Crippen LogP contribution in [0, 0.1) is 13.8 Å². The fourth-order valence-electron chi connectivity index (χ4n) is 2.66. The Labute approximate surface area is 153 Å². The van der Waals surface area contributed by atoms with E-state index in [-0.39, 0.29) is 5.91 Å². The normalized spacial score (nSPS) is 10.6. The van der Waals surface area contributed by atoms with Crippen LogP contribution in [-0.4, -0.2) is 29.4 Å². The maximum Gasteiger partial charge on any atom is 0.224 e. The molecule has 136 valence electrons. The minimum Gasteiger partial charge on any atom is -0.493 e. The molecule has 0 aliphatic carbocycles. The molecular weight excluding hydrogens is 342 g/mol. The summed E-state index contributed by atoms with van der Waals surface area (Å²) in [7, 11) is 3.43. The van der Waals surface area contributed by atoms with E-state index in [9.17, 15) is 4.79 Å². The van der Waals surface area contributed by atoms with Crippen molar-refractivity contribution in [3.8, 4) is 11.5 Å². The standard InChI is InChI=1S/C18H24ClN3O3/c1-6-25-18-15(19)7-13(8-16(18)24-5)10-20-17(23)9-14-11(2)21-22(4)12(14)3/h7-8H,6,9-10H2,1-5H3,(H,20,23). The first-order chi connectivity index (χ1) is 11.9. The lowest BCUT2D eigenvalue weighted by Gasteiger charge is -2.13. The largest absolute Gasteiger partial charge is 0.493 e. The van der Waals surface area contributed by atoms with E-state index in [1.54, 1.807) is 17.9 Å². The van der Waals surface area contributed by atoms with Crippen molar-refractivity contribution in [2.75, 3.05) is 13.7 Å². The number of carbonyl (C=O) groups excluding carboxylic acids is 1. The average Bonchev–Trinajstić information content (AvgIpc) is 2.81. The van der Waals surface area contributed by atoms with Gasteiger partial charge >= 0.3 is 0 Å². The summed E-state index contributed by atoms with van der Waals surface area (Å²) in [4.78, 5) is 12.3. The molecule has 0 unspecified atom stereocenters. The summed E-state index contributed by atoms with van der Waals surface area (Å²) in [6, 6.07) is 3.59. The van der Waals surface area contributed by atoms with Crippen molar-refractivity contribution in [1.82, 2.24) is 15.1 Å². The van der Waals surface area contributed by atoms with Gasteiger partial charge in [-0.05, 0) is 38.5 Å². The van der Waals surface area contributed by atoms with Crippen molar-refractivity contribution >= 4 is 17.5 Å². The number of methoxy groups -OCH3 is 1. The van der Waals surface area contributed by atoms with Crippen LogP contribution in [0.3, 0.4) is 0 Å². The number of aryl methyl sites for hydroxylation is 2. The molecule has 1 amide bonds. The first kappa shape index (κ1) is 19.1. The molecule has 0 spiro atoms. The van der Waals surface area contributed by atoms with Crippen LogP contribution in [0.2, 0.25) is 5.02 Å². The Morgan fingerprint density at radius 2 is 2.08 bits per heavy atom. The molecular formula is C18H24ClN3O3. The van der Waals surface area contributed by atoms with Gasteiger partial charge in [0.15, 0.2) is 11.5 Å². The van der Waals surface area contributed by atoms with Crippen molar-refractivity contribution in [2.45, 2.75) is 33.7 Å². The summed E-state index contributed by atoms with van der Waals surface area (Å²) >= 11 is 6.25. The quantitative estimate of drug-likeness (QED) is 0.819. The van der Waals surface area contributed by atoms with E-state index < -0.39 is 0 Å². The Morgan fingerprint density at radius 1 is 1.36 bits per heavy atom. The Morgan fingerprint density at radius 3 is 2.64 bits per heavy atom. The van der Waals surface area contributed by atoms with Crippen LogP contribution in [-0.2, 0) is 24.8 Å². The van der Waals surface area contributed by atoms with Crippen LogP contribution >= 0.6 is 11.6 Å². The van der Waals surface area contributed by atoms with Gasteiger partial charge in [-0.15, -0.1) is 0 Å². The van der Waals surface area contributed by atoms with Crippen LogP contribution in [0.15, 0.2) is 12.1 Å². The Bertz CT molecular complexity index is 771. The molecule has 6 nitrogen and oxygen atoms in total. The first-order valence-electron chi connectivity index (χ1n) is 8.12. The molecule has 0 saturated carbocycles. The predicted molar refractivity (Wildman–Crippen MR) is 97.4 cm³/mol. The van der Waals surface area contributed by atoms with Gasteiger partial charge in [0, 0.05) is 24.8 Å². The molecule has 2 aromatic rings. The summed E-state index contributed by atoms with van der Waals surface area (Å²) in [5, 5.41) is 7.70. The van der Waals surface area contributed by atoms with E-state index >= 15 is 0 Å². The van der Waals surface area contributed by atoms with E-state index in [0.717, 1.165) is 22.5 Å². The highest BCUT2D eigenvalue weighted by atomic mass is 35.5. The second-order valence-corrected chi connectivity index (χ2v) is 6.18. The Hall–Kier alpha value is -2.21. The molecule has 0 fully saturated rings. The molecule has 1 heterocycles. The van der Waals surface area contributed by atoms with Crippen molar-refractivity contribution in [2.24, 2.45) is 7.05 Å². The van der Waals surface area contributed by atoms with E-state index in [1.807, 2.05) is 33.9 Å². The fraction of sp³-hybridized carbons (Fsp3) is 0.444. The van der Waals surface area contributed by atoms with Gasteiger partial charge in [0.25, 0.3) is 0 Å². The zero-order valence-electron chi connectivity index (χ0n) is 15.3. The maximum absolute atomic E-state index is 12.3. The fourth-order valence-corrected chi connectivity index (χ4v) is 2.94. The molecule has 1 aromatic heterocycles. The monoisotopic (exact) mass is 365 g/mol. The maximum atomic E-state index is 12.3. The van der Waals surface area contributed by atoms with Gasteiger partial charge in [-0.3, -0.25) is 9.48 Å². The van der Waals surface area contributed by atoms with Crippen molar-refractivity contribution < 1.29 is 14.3 Å². The van der Waals surface area contributed by atoms with Crippen LogP contribution in [0.25, 0.3) is 0 Å². The summed E-state index contributed by atoms with van der Waals surface area (Å²) in [6.07, 6.45) is 0.299. The zero-order chi connectivity index (χ0) is 18.6. The Balaban J connectivity index is 2.05. The number of aromatic nitrogens is 2. The smallest absolute Gasteiger partial charge is 0.224 e. The summed E-state index contributed by atoms with van der Waals surface area (Å²) < 4.78 is 12.6. The first-order valence-corrected chi connectivity index (χ1v) is 8.50. The summed E-state index contributed by atoms with van der Waals surface area (Å²) in [6.45, 7) is 6.61. The van der Waals surface area contributed by atoms with Crippen molar-refractivity contribution in [3.05, 3.63) is 39.7 Å². The van der Waals surface area contributed by atoms with Gasteiger partial charge in [-0.25, -0.2) is 0 Å². The van der Waals surface area contributed by atoms with Crippen molar-refractivity contribution in [3.63, 3.8) is 0 Å². The Kier molecular flexibility index (Phi) is 6.31. The van der Waals surface area contributed by atoms with E-state index in [4.69, 9.17) is 21.1 Å². The van der Waals surface area contributed by atoms with Crippen LogP contribution < -0.4 is 14.8 Å². The number of amides is 1. The van der Waals surface area contributed by atoms with E-state index in [1.165, 1.54) is 0 Å². The SMILES string of the molecule is CCOc1c(Cl)cc(CNC(=O)Cc2c(C)nn(C)c2C)cc1OC. The molecule has 0 atom stereocenters. The van der Waals surface area contributed by atoms with Gasteiger partial charge in [-0.1, -0.05) is 11.6 Å². The van der Waals surface area contributed by atoms with Gasteiger partial charge in [0.2, 0.25) is 5.91 Å². The molecule has 0 aliphatic rings. The van der Waals surface area contributed by atoms with Crippen LogP contribution in [0.4, 0.5) is 0 Å². The molecule has 0 aliphatic heterocycles. The third-order valence-electron chi connectivity index (χ3n) is 4.06. The number of nitrogens with one attached hydrogen (secondary N) is 1. The van der Waals surface area contributed by atoms with Gasteiger partial charge in [0.05, 0.1) is 30.9 Å². The second-order valence-electron chi connectivity index (χ2n) is 5.77. The van der Waals surface area contributed by atoms with Crippen LogP contribution in [0.1, 0.15) is 29.4 Å². The highest BCUT2D eigenvalue weighted by Crippen LogP contribution is 2.36. The van der Waals surface area contributed by atoms with E-state index in [0.29, 0.717) is 36.1 Å². The van der Waals surface area contributed by atoms with E-state index in [2.05, 4.69) is 10.4 Å². The molecule has 0 radical (unpaired) electrons. The topological polar surface area (TPSA) is 65.4 Å². The summed E-state index contributed by atoms with van der Waals surface area (Å²) in [5.41, 5.74) is 3.68. The third kappa shape index (κ3) is 4.45. The molecule has 0 saturated heterocycles. The number of ether oxygens (including phenoxy) is 2. The highest BCUT2D eigenvalue weighted by Gasteiger charge is 2.15. The minimum atomic E-state index is -0.0665. The number of nitrogens with zero attached hydrogens (tertiary/aromatic N) is 2. The molecule has 25 heavy (non-hydrogen) atoms. The zero-order valence-corrected chi connectivity index (χ0v) is 16.0. The number of benzene rings is 1. The molecule has 7 heteroatoms. The number of carbonyl (C=O) groups is 1. The lowest BCUT2D eigenvalue weighted by atomic mass is 10.1. The minimum absolute atomic E-state index is 0.0665. The summed E-state index contributed by atoms with van der Waals surface area (Å²) in [5.74, 6) is 1.00. The van der Waals surface area contributed by atoms with Gasteiger partial charge in [0.1, 0.15) is 0 Å². The highest BCUT2D eigenvalue weighted by molar-refractivity contribution is 6.32. The number of hydrogen-bond acceptors (Lipinski definition) is 4. The third-order valence-corrected chi connectivity index (χ3v) is 4.34. The average molecular weight is 366 g/mol. The molecule has 1 N–H and O–H groups in total. The molecule has 2 rings (SSSR count). The number of hydrogen-bond donors (Lipinski definition) is 1.